The van der Waals surface area contributed by atoms with Crippen LogP contribution in [0.5, 0.6) is 5.75 Å². The molecule has 3 heterocycles. The number of amides is 1. The lowest BCUT2D eigenvalue weighted by Gasteiger charge is -2.42. The Morgan fingerprint density at radius 2 is 1.89 bits per heavy atom. The van der Waals surface area contributed by atoms with Gasteiger partial charge in [0.25, 0.3) is 5.91 Å². The number of nitro groups is 1. The number of piperidine rings is 1. The quantitative estimate of drug-likeness (QED) is 0.609. The Hall–Kier alpha value is -3.16. The van der Waals surface area contributed by atoms with E-state index in [1.165, 1.54) is 10.6 Å². The van der Waals surface area contributed by atoms with Crippen molar-refractivity contribution in [1.29, 1.82) is 0 Å². The van der Waals surface area contributed by atoms with E-state index in [2.05, 4.69) is 0 Å². The van der Waals surface area contributed by atoms with Gasteiger partial charge in [0.1, 0.15) is 5.75 Å². The van der Waals surface area contributed by atoms with Crippen molar-refractivity contribution in [1.82, 2.24) is 9.47 Å². The van der Waals surface area contributed by atoms with Crippen molar-refractivity contribution in [2.45, 2.75) is 18.9 Å². The molecule has 8 heteroatoms. The fraction of sp³-hybridized carbons (Fsp3) is 0.368. The van der Waals surface area contributed by atoms with Gasteiger partial charge in [-0.15, -0.1) is 0 Å². The van der Waals surface area contributed by atoms with Crippen molar-refractivity contribution in [3.05, 3.63) is 68.1 Å². The highest BCUT2D eigenvalue weighted by Crippen LogP contribution is 2.36. The maximum Gasteiger partial charge on any atom is 0.334 e. The van der Waals surface area contributed by atoms with Gasteiger partial charge in [0.05, 0.1) is 12.0 Å². The number of fused-ring (bicyclic) bond motifs is 4. The van der Waals surface area contributed by atoms with Gasteiger partial charge in [-0.1, -0.05) is 0 Å². The average Bonchev–Trinajstić information content (AvgIpc) is 2.68. The summed E-state index contributed by atoms with van der Waals surface area (Å²) in [4.78, 5) is 37.5. The summed E-state index contributed by atoms with van der Waals surface area (Å²) >= 11 is 0. The number of carbonyl (C=O) groups excluding carboxylic acids is 1. The van der Waals surface area contributed by atoms with E-state index >= 15 is 0 Å². The number of hydrogen-bond donors (Lipinski definition) is 0. The van der Waals surface area contributed by atoms with Crippen LogP contribution in [-0.2, 0) is 6.54 Å². The lowest BCUT2D eigenvalue weighted by molar-refractivity contribution is -0.386. The Morgan fingerprint density at radius 1 is 1.15 bits per heavy atom. The lowest BCUT2D eigenvalue weighted by atomic mass is 9.83. The molecule has 1 unspecified atom stereocenters. The van der Waals surface area contributed by atoms with Crippen LogP contribution < -0.4 is 10.3 Å². The summed E-state index contributed by atoms with van der Waals surface area (Å²) < 4.78 is 6.65. The lowest BCUT2D eigenvalue weighted by Crippen LogP contribution is -2.49. The maximum absolute atomic E-state index is 12.9. The van der Waals surface area contributed by atoms with Crippen molar-refractivity contribution in [3.63, 3.8) is 0 Å². The standard InChI is InChI=1S/C19H19N3O5/c1-27-15-4-2-13(3-5-15)18(23)20-9-12-8-14(11-20)16-6-7-17(22(25)26)19(24)21(16)10-12/h2-7,12,14H,8-11H2,1H3/t12-,14?/m0/s1. The van der Waals surface area contributed by atoms with Crippen LogP contribution >= 0.6 is 0 Å². The molecule has 0 saturated carbocycles. The first kappa shape index (κ1) is 17.3. The highest BCUT2D eigenvalue weighted by atomic mass is 16.6. The van der Waals surface area contributed by atoms with Crippen LogP contribution in [0.4, 0.5) is 5.69 Å². The fourth-order valence-corrected chi connectivity index (χ4v) is 4.16. The van der Waals surface area contributed by atoms with Gasteiger partial charge in [-0.2, -0.15) is 0 Å². The van der Waals surface area contributed by atoms with Crippen LogP contribution in [0, 0.1) is 16.0 Å². The second kappa shape index (κ2) is 6.53. The van der Waals surface area contributed by atoms with Crippen molar-refractivity contribution in [2.75, 3.05) is 20.2 Å². The van der Waals surface area contributed by atoms with Crippen molar-refractivity contribution in [3.8, 4) is 5.75 Å². The summed E-state index contributed by atoms with van der Waals surface area (Å²) in [6.45, 7) is 1.44. The molecule has 27 heavy (non-hydrogen) atoms. The molecular formula is C19H19N3O5. The van der Waals surface area contributed by atoms with E-state index in [0.717, 1.165) is 12.1 Å². The number of aromatic nitrogens is 1. The molecule has 8 nitrogen and oxygen atoms in total. The number of pyridine rings is 1. The van der Waals surface area contributed by atoms with E-state index in [9.17, 15) is 19.7 Å². The Balaban J connectivity index is 1.61. The van der Waals surface area contributed by atoms with Crippen LogP contribution in [0.3, 0.4) is 0 Å². The molecule has 0 spiro atoms. The molecule has 1 amide bonds. The van der Waals surface area contributed by atoms with E-state index in [0.29, 0.717) is 30.9 Å². The number of nitrogens with zero attached hydrogens (tertiary/aromatic N) is 3. The Bertz CT molecular complexity index is 966. The molecule has 1 saturated heterocycles. The minimum absolute atomic E-state index is 0.00759. The van der Waals surface area contributed by atoms with Gasteiger partial charge in [0.2, 0.25) is 0 Å². The first-order valence-electron chi connectivity index (χ1n) is 8.79. The molecule has 0 N–H and O–H groups in total. The topological polar surface area (TPSA) is 94.7 Å². The van der Waals surface area contributed by atoms with E-state index in [-0.39, 0.29) is 17.7 Å². The molecule has 2 aliphatic heterocycles. The van der Waals surface area contributed by atoms with Crippen LogP contribution in [0.1, 0.15) is 28.4 Å². The third kappa shape index (κ3) is 2.97. The van der Waals surface area contributed by atoms with E-state index < -0.39 is 16.2 Å². The summed E-state index contributed by atoms with van der Waals surface area (Å²) in [7, 11) is 1.58. The largest absolute Gasteiger partial charge is 0.497 e. The molecular weight excluding hydrogens is 350 g/mol. The van der Waals surface area contributed by atoms with Crippen molar-refractivity contribution >= 4 is 11.6 Å². The van der Waals surface area contributed by atoms with Crippen LogP contribution in [0.15, 0.2) is 41.2 Å². The monoisotopic (exact) mass is 369 g/mol. The number of carbonyl (C=O) groups is 1. The van der Waals surface area contributed by atoms with Gasteiger partial charge in [-0.05, 0) is 42.7 Å². The van der Waals surface area contributed by atoms with Gasteiger partial charge >= 0.3 is 11.2 Å². The number of rotatable bonds is 3. The third-order valence-electron chi connectivity index (χ3n) is 5.41. The maximum atomic E-state index is 12.9. The highest BCUT2D eigenvalue weighted by molar-refractivity contribution is 5.94. The summed E-state index contributed by atoms with van der Waals surface area (Å²) in [5.74, 6) is 0.758. The summed E-state index contributed by atoms with van der Waals surface area (Å²) in [6.07, 6.45) is 0.879. The Labute approximate surface area is 155 Å². The molecule has 2 bridgehead atoms. The Morgan fingerprint density at radius 3 is 2.56 bits per heavy atom. The molecule has 2 aromatic rings. The van der Waals surface area contributed by atoms with Crippen molar-refractivity contribution < 1.29 is 14.5 Å². The minimum Gasteiger partial charge on any atom is -0.497 e. The normalized spacial score (nSPS) is 20.7. The van der Waals surface area contributed by atoms with Gasteiger partial charge in [0.15, 0.2) is 0 Å². The zero-order chi connectivity index (χ0) is 19.1. The number of ether oxygens (including phenoxy) is 1. The van der Waals surface area contributed by atoms with E-state index in [1.807, 2.05) is 4.90 Å². The van der Waals surface area contributed by atoms with Crippen LogP contribution in [-0.4, -0.2) is 40.5 Å². The van der Waals surface area contributed by atoms with Gasteiger partial charge in [-0.3, -0.25) is 19.7 Å². The van der Waals surface area contributed by atoms with Gasteiger partial charge < -0.3 is 14.2 Å². The number of benzene rings is 1. The van der Waals surface area contributed by atoms with E-state index in [4.69, 9.17) is 4.74 Å². The predicted octanol–water partition coefficient (Wildman–Crippen LogP) is 2.02. The first-order chi connectivity index (χ1) is 13.0. The summed E-state index contributed by atoms with van der Waals surface area (Å²) in [5.41, 5.74) is 0.415. The molecule has 0 aliphatic carbocycles. The summed E-state index contributed by atoms with van der Waals surface area (Å²) in [6, 6.07) is 9.93. The molecule has 2 atom stereocenters. The predicted molar refractivity (Wildman–Crippen MR) is 97.1 cm³/mol. The summed E-state index contributed by atoms with van der Waals surface area (Å²) in [5, 5.41) is 11.0. The molecule has 4 rings (SSSR count). The third-order valence-corrected chi connectivity index (χ3v) is 5.41. The highest BCUT2D eigenvalue weighted by Gasteiger charge is 2.37. The van der Waals surface area contributed by atoms with Gasteiger partial charge in [0, 0.05) is 42.9 Å². The van der Waals surface area contributed by atoms with Gasteiger partial charge in [-0.25, -0.2) is 0 Å². The second-order valence-corrected chi connectivity index (χ2v) is 7.05. The molecule has 1 fully saturated rings. The molecule has 0 radical (unpaired) electrons. The minimum atomic E-state index is -0.639. The molecule has 1 aromatic heterocycles. The Kier molecular flexibility index (Phi) is 4.18. The second-order valence-electron chi connectivity index (χ2n) is 7.05. The number of hydrogen-bond acceptors (Lipinski definition) is 5. The average molecular weight is 369 g/mol. The zero-order valence-corrected chi connectivity index (χ0v) is 14.8. The molecule has 2 aliphatic rings. The molecule has 1 aromatic carbocycles. The number of methoxy groups -OCH3 is 1. The first-order valence-corrected chi connectivity index (χ1v) is 8.79. The smallest absolute Gasteiger partial charge is 0.334 e. The van der Waals surface area contributed by atoms with Crippen molar-refractivity contribution in [2.24, 2.45) is 5.92 Å². The zero-order valence-electron chi connectivity index (χ0n) is 14.8. The SMILES string of the molecule is COc1ccc(C(=O)N2CC3C[C@@H](C2)Cn2c3ccc([N+](=O)[O-])c2=O)cc1. The fourth-order valence-electron chi connectivity index (χ4n) is 4.16. The van der Waals surface area contributed by atoms with E-state index in [1.54, 1.807) is 37.4 Å². The van der Waals surface area contributed by atoms with Crippen LogP contribution in [0.25, 0.3) is 0 Å². The van der Waals surface area contributed by atoms with Crippen LogP contribution in [0.2, 0.25) is 0 Å². The number of likely N-dealkylation sites (tertiary alicyclic amines) is 1. The molecule has 140 valence electrons.